The molecule has 0 aliphatic carbocycles. The van der Waals surface area contributed by atoms with E-state index in [2.05, 4.69) is 30.1 Å². The summed E-state index contributed by atoms with van der Waals surface area (Å²) in [7, 11) is 0. The molecule has 37 heavy (non-hydrogen) atoms. The number of benzene rings is 2. The van der Waals surface area contributed by atoms with E-state index in [1.807, 2.05) is 42.5 Å². The molecular formula is C25H19F3N6O3. The number of aromatic amines is 1. The van der Waals surface area contributed by atoms with Gasteiger partial charge in [0, 0.05) is 11.6 Å². The van der Waals surface area contributed by atoms with E-state index in [-0.39, 0.29) is 17.1 Å². The second-order valence-electron chi connectivity index (χ2n) is 8.30. The monoisotopic (exact) mass is 508 g/mol. The van der Waals surface area contributed by atoms with E-state index in [1.165, 1.54) is 16.8 Å². The summed E-state index contributed by atoms with van der Waals surface area (Å²) in [6, 6.07) is 14.4. The number of nitrogens with one attached hydrogen (secondary N) is 2. The van der Waals surface area contributed by atoms with Crippen molar-refractivity contribution in [1.29, 1.82) is 0 Å². The first-order chi connectivity index (χ1) is 17.7. The number of halogens is 3. The maximum Gasteiger partial charge on any atom is 0.422 e. The molecule has 188 valence electrons. The summed E-state index contributed by atoms with van der Waals surface area (Å²) in [6.07, 6.45) is -0.608. The lowest BCUT2D eigenvalue weighted by Crippen LogP contribution is -2.27. The number of carbonyl (C=O) groups is 1. The van der Waals surface area contributed by atoms with E-state index in [0.29, 0.717) is 11.4 Å². The molecule has 3 aromatic heterocycles. The fraction of sp³-hybridized carbons (Fsp3) is 0.160. The number of amides is 1. The fourth-order valence-electron chi connectivity index (χ4n) is 3.74. The van der Waals surface area contributed by atoms with E-state index in [4.69, 9.17) is 0 Å². The van der Waals surface area contributed by atoms with Gasteiger partial charge in [-0.25, -0.2) is 9.50 Å². The van der Waals surface area contributed by atoms with Crippen LogP contribution in [0.5, 0.6) is 5.88 Å². The minimum atomic E-state index is -4.49. The van der Waals surface area contributed by atoms with Crippen LogP contribution in [0.2, 0.25) is 0 Å². The van der Waals surface area contributed by atoms with Crippen LogP contribution in [0.3, 0.4) is 0 Å². The van der Waals surface area contributed by atoms with Gasteiger partial charge in [-0.15, -0.1) is 0 Å². The predicted molar refractivity (Wildman–Crippen MR) is 128 cm³/mol. The van der Waals surface area contributed by atoms with Gasteiger partial charge in [-0.05, 0) is 23.8 Å². The number of H-pyrrole nitrogens is 1. The topological polar surface area (TPSA) is 114 Å². The molecule has 0 aliphatic rings. The largest absolute Gasteiger partial charge is 0.467 e. The van der Waals surface area contributed by atoms with E-state index in [0.717, 1.165) is 22.5 Å². The molecule has 0 bridgehead atoms. The van der Waals surface area contributed by atoms with Gasteiger partial charge in [-0.2, -0.15) is 18.3 Å². The van der Waals surface area contributed by atoms with Crippen molar-refractivity contribution >= 4 is 22.2 Å². The Labute approximate surface area is 207 Å². The molecule has 1 unspecified atom stereocenters. The molecule has 1 amide bonds. The van der Waals surface area contributed by atoms with E-state index >= 15 is 0 Å². The number of ether oxygens (including phenoxy) is 1. The van der Waals surface area contributed by atoms with Gasteiger partial charge in [0.15, 0.2) is 12.3 Å². The molecule has 5 aromatic rings. The Kier molecular flexibility index (Phi) is 6.07. The average Bonchev–Trinajstić information content (AvgIpc) is 3.32. The predicted octanol–water partition coefficient (Wildman–Crippen LogP) is 4.06. The molecule has 0 saturated carbocycles. The first kappa shape index (κ1) is 24.0. The molecular weight excluding hydrogens is 489 g/mol. The van der Waals surface area contributed by atoms with Crippen molar-refractivity contribution in [1.82, 2.24) is 29.9 Å². The molecule has 0 radical (unpaired) electrons. The van der Waals surface area contributed by atoms with Crippen LogP contribution < -0.4 is 15.6 Å². The third-order valence-electron chi connectivity index (χ3n) is 5.58. The smallest absolute Gasteiger partial charge is 0.422 e. The number of hydrogen-bond acceptors (Lipinski definition) is 6. The molecule has 0 aliphatic heterocycles. The zero-order chi connectivity index (χ0) is 26.2. The highest BCUT2D eigenvalue weighted by Crippen LogP contribution is 2.23. The molecule has 9 nitrogen and oxygen atoms in total. The number of rotatable bonds is 6. The Hall–Kier alpha value is -4.74. The van der Waals surface area contributed by atoms with Crippen molar-refractivity contribution in [2.45, 2.75) is 19.1 Å². The van der Waals surface area contributed by atoms with Gasteiger partial charge < -0.3 is 15.0 Å². The molecule has 1 atom stereocenters. The second kappa shape index (κ2) is 9.37. The van der Waals surface area contributed by atoms with Gasteiger partial charge >= 0.3 is 6.18 Å². The van der Waals surface area contributed by atoms with Gasteiger partial charge in [-0.3, -0.25) is 14.6 Å². The van der Waals surface area contributed by atoms with Crippen LogP contribution in [0.4, 0.5) is 13.2 Å². The third-order valence-corrected chi connectivity index (χ3v) is 5.58. The van der Waals surface area contributed by atoms with Crippen molar-refractivity contribution in [3.63, 3.8) is 0 Å². The zero-order valence-corrected chi connectivity index (χ0v) is 19.3. The summed E-state index contributed by atoms with van der Waals surface area (Å²) in [5.74, 6) is -0.858. The third kappa shape index (κ3) is 5.27. The molecule has 12 heteroatoms. The Morgan fingerprint density at radius 1 is 1.11 bits per heavy atom. The lowest BCUT2D eigenvalue weighted by atomic mass is 10.1. The highest BCUT2D eigenvalue weighted by Gasteiger charge is 2.28. The van der Waals surface area contributed by atoms with Crippen molar-refractivity contribution in [3.8, 4) is 17.1 Å². The number of alkyl halides is 3. The molecule has 3 heterocycles. The molecule has 2 aromatic carbocycles. The Balaban J connectivity index is 1.33. The summed E-state index contributed by atoms with van der Waals surface area (Å²) in [6.45, 7) is 0.140. The number of aromatic nitrogens is 5. The quantitative estimate of drug-likeness (QED) is 0.358. The number of nitrogens with zero attached hydrogens (tertiary/aromatic N) is 4. The van der Waals surface area contributed by atoms with Crippen LogP contribution in [0.15, 0.2) is 71.9 Å². The first-order valence-electron chi connectivity index (χ1n) is 11.1. The van der Waals surface area contributed by atoms with E-state index < -0.39 is 30.3 Å². The maximum atomic E-state index is 12.8. The van der Waals surface area contributed by atoms with E-state index in [9.17, 15) is 22.8 Å². The van der Waals surface area contributed by atoms with Gasteiger partial charge in [0.1, 0.15) is 5.52 Å². The molecule has 0 fully saturated rings. The lowest BCUT2D eigenvalue weighted by Gasteiger charge is -2.13. The summed E-state index contributed by atoms with van der Waals surface area (Å²) in [5, 5.41) is 9.01. The molecule has 2 N–H and O–H groups in total. The Bertz CT molecular complexity index is 1660. The summed E-state index contributed by atoms with van der Waals surface area (Å²) in [4.78, 5) is 36.1. The standard InChI is InChI=1S/C25H19F3N6O3/c1-14(19-10-30-22(11-29-19)37-13-25(26,27)28)31-23(35)18-9-21-24(36)32-20(12-34(21)33-18)17-7-6-15-4-2-3-5-16(15)8-17/h2-12,14H,13H2,1H3,(H,31,35)(H,32,36). The highest BCUT2D eigenvalue weighted by atomic mass is 19.4. The first-order valence-corrected chi connectivity index (χ1v) is 11.1. The SMILES string of the molecule is CC(NC(=O)c1cc2c(=O)[nH]c(-c3ccc4ccccc4c3)cn2n1)c1cnc(OCC(F)(F)F)cn1. The Morgan fingerprint density at radius 3 is 2.62 bits per heavy atom. The summed E-state index contributed by atoms with van der Waals surface area (Å²) in [5.41, 5.74) is 1.40. The molecule has 0 saturated heterocycles. The molecule has 0 spiro atoms. The van der Waals surface area contributed by atoms with Crippen LogP contribution in [-0.4, -0.2) is 43.3 Å². The minimum absolute atomic E-state index is 0.00565. The maximum absolute atomic E-state index is 12.8. The van der Waals surface area contributed by atoms with Crippen LogP contribution >= 0.6 is 0 Å². The van der Waals surface area contributed by atoms with Crippen molar-refractivity contribution < 1.29 is 22.7 Å². The van der Waals surface area contributed by atoms with Crippen molar-refractivity contribution in [2.24, 2.45) is 0 Å². The van der Waals surface area contributed by atoms with Crippen molar-refractivity contribution in [3.05, 3.63) is 88.9 Å². The number of carbonyl (C=O) groups excluding carboxylic acids is 1. The second-order valence-corrected chi connectivity index (χ2v) is 8.30. The highest BCUT2D eigenvalue weighted by molar-refractivity contribution is 5.93. The van der Waals surface area contributed by atoms with Gasteiger partial charge in [0.25, 0.3) is 11.5 Å². The normalized spacial score (nSPS) is 12.5. The van der Waals surface area contributed by atoms with Gasteiger partial charge in [0.05, 0.1) is 36.0 Å². The van der Waals surface area contributed by atoms with E-state index in [1.54, 1.807) is 13.1 Å². The number of hydrogen-bond donors (Lipinski definition) is 2. The average molecular weight is 508 g/mol. The zero-order valence-electron chi connectivity index (χ0n) is 19.3. The Morgan fingerprint density at radius 2 is 1.89 bits per heavy atom. The summed E-state index contributed by atoms with van der Waals surface area (Å²) >= 11 is 0. The van der Waals surface area contributed by atoms with Crippen LogP contribution in [-0.2, 0) is 0 Å². The van der Waals surface area contributed by atoms with Crippen LogP contribution in [0, 0.1) is 0 Å². The minimum Gasteiger partial charge on any atom is -0.467 e. The van der Waals surface area contributed by atoms with Crippen molar-refractivity contribution in [2.75, 3.05) is 6.61 Å². The van der Waals surface area contributed by atoms with Crippen LogP contribution in [0.1, 0.15) is 29.1 Å². The molecule has 5 rings (SSSR count). The van der Waals surface area contributed by atoms with Gasteiger partial charge in [-0.1, -0.05) is 36.4 Å². The van der Waals surface area contributed by atoms with Crippen LogP contribution in [0.25, 0.3) is 27.5 Å². The summed E-state index contributed by atoms with van der Waals surface area (Å²) < 4.78 is 42.7. The van der Waals surface area contributed by atoms with Gasteiger partial charge in [0.2, 0.25) is 5.88 Å². The fourth-order valence-corrected chi connectivity index (χ4v) is 3.74. The lowest BCUT2D eigenvalue weighted by molar-refractivity contribution is -0.154. The number of fused-ring (bicyclic) bond motifs is 2.